The summed E-state index contributed by atoms with van der Waals surface area (Å²) in [5.41, 5.74) is 1.33. The smallest absolute Gasteiger partial charge is 0.321 e. The quantitative estimate of drug-likeness (QED) is 0.909. The summed E-state index contributed by atoms with van der Waals surface area (Å²) in [7, 11) is 0. The van der Waals surface area contributed by atoms with Gasteiger partial charge in [0.2, 0.25) is 0 Å². The molecule has 3 atom stereocenters. The van der Waals surface area contributed by atoms with Crippen molar-refractivity contribution in [2.24, 2.45) is 11.8 Å². The van der Waals surface area contributed by atoms with E-state index in [0.717, 1.165) is 25.9 Å². The zero-order valence-electron chi connectivity index (χ0n) is 10.4. The second-order valence-electron chi connectivity index (χ2n) is 5.51. The van der Waals surface area contributed by atoms with Crippen molar-refractivity contribution in [3.63, 3.8) is 0 Å². The lowest BCUT2D eigenvalue weighted by atomic mass is 9.94. The minimum atomic E-state index is -0.616. The number of carboxylic acids is 1. The number of nitrogens with zero attached hydrogens (tertiary/aromatic N) is 1. The van der Waals surface area contributed by atoms with Crippen LogP contribution in [0.1, 0.15) is 24.8 Å². The van der Waals surface area contributed by atoms with E-state index in [4.69, 9.17) is 0 Å². The van der Waals surface area contributed by atoms with Crippen molar-refractivity contribution in [1.82, 2.24) is 4.90 Å². The highest BCUT2D eigenvalue weighted by atomic mass is 32.1. The van der Waals surface area contributed by atoms with Gasteiger partial charge < -0.3 is 5.11 Å². The van der Waals surface area contributed by atoms with Gasteiger partial charge in [-0.25, -0.2) is 0 Å². The van der Waals surface area contributed by atoms with E-state index in [0.29, 0.717) is 11.8 Å². The number of carbonyl (C=O) groups is 1. The second-order valence-corrected chi connectivity index (χ2v) is 6.29. The van der Waals surface area contributed by atoms with Crippen LogP contribution in [-0.2, 0) is 11.2 Å². The molecule has 3 nitrogen and oxygen atoms in total. The van der Waals surface area contributed by atoms with Gasteiger partial charge in [-0.3, -0.25) is 9.69 Å². The Hall–Kier alpha value is -0.870. The maximum absolute atomic E-state index is 11.5. The molecule has 98 valence electrons. The van der Waals surface area contributed by atoms with E-state index in [1.807, 2.05) is 0 Å². The minimum absolute atomic E-state index is 0.226. The zero-order valence-corrected chi connectivity index (χ0v) is 11.2. The molecule has 0 spiro atoms. The van der Waals surface area contributed by atoms with Gasteiger partial charge >= 0.3 is 5.97 Å². The molecule has 1 aliphatic carbocycles. The Morgan fingerprint density at radius 3 is 3.11 bits per heavy atom. The molecule has 3 rings (SSSR count). The first kappa shape index (κ1) is 12.2. The summed E-state index contributed by atoms with van der Waals surface area (Å²) in [4.78, 5) is 13.7. The molecule has 0 aromatic carbocycles. The Morgan fingerprint density at radius 1 is 1.50 bits per heavy atom. The summed E-state index contributed by atoms with van der Waals surface area (Å²) in [6, 6.07) is 1.91. The summed E-state index contributed by atoms with van der Waals surface area (Å²) in [6.45, 7) is 1.88. The molecule has 1 aromatic heterocycles. The summed E-state index contributed by atoms with van der Waals surface area (Å²) >= 11 is 1.71. The number of likely N-dealkylation sites (tertiary alicyclic amines) is 1. The Bertz CT molecular complexity index is 417. The molecule has 18 heavy (non-hydrogen) atoms. The van der Waals surface area contributed by atoms with E-state index in [1.54, 1.807) is 11.3 Å². The maximum Gasteiger partial charge on any atom is 0.321 e. The highest BCUT2D eigenvalue weighted by Gasteiger charge is 2.47. The molecule has 2 heterocycles. The van der Waals surface area contributed by atoms with Gasteiger partial charge in [-0.15, -0.1) is 0 Å². The van der Waals surface area contributed by atoms with Crippen LogP contribution >= 0.6 is 11.3 Å². The number of carboxylic acid groups (broad SMARTS) is 1. The van der Waals surface area contributed by atoms with Gasteiger partial charge in [-0.2, -0.15) is 11.3 Å². The van der Waals surface area contributed by atoms with Gasteiger partial charge in [0.05, 0.1) is 0 Å². The fraction of sp³-hybridized carbons (Fsp3) is 0.643. The van der Waals surface area contributed by atoms with Crippen LogP contribution in [0.5, 0.6) is 0 Å². The van der Waals surface area contributed by atoms with Crippen molar-refractivity contribution < 1.29 is 9.90 Å². The van der Waals surface area contributed by atoms with E-state index >= 15 is 0 Å². The first-order valence-corrected chi connectivity index (χ1v) is 7.68. The Morgan fingerprint density at radius 2 is 2.39 bits per heavy atom. The van der Waals surface area contributed by atoms with Gasteiger partial charge in [0.25, 0.3) is 0 Å². The molecule has 1 aliphatic heterocycles. The normalized spacial score (nSPS) is 31.7. The van der Waals surface area contributed by atoms with Crippen molar-refractivity contribution in [2.75, 3.05) is 13.1 Å². The minimum Gasteiger partial charge on any atom is -0.480 e. The molecule has 2 fully saturated rings. The molecule has 1 aromatic rings. The van der Waals surface area contributed by atoms with Gasteiger partial charge in [0.1, 0.15) is 6.04 Å². The van der Waals surface area contributed by atoms with E-state index in [2.05, 4.69) is 21.7 Å². The summed E-state index contributed by atoms with van der Waals surface area (Å²) < 4.78 is 0. The van der Waals surface area contributed by atoms with E-state index < -0.39 is 5.97 Å². The summed E-state index contributed by atoms with van der Waals surface area (Å²) in [5.74, 6) is 0.424. The van der Waals surface area contributed by atoms with Gasteiger partial charge in [-0.05, 0) is 53.5 Å². The average molecular weight is 265 g/mol. The van der Waals surface area contributed by atoms with Crippen molar-refractivity contribution in [1.29, 1.82) is 0 Å². The lowest BCUT2D eigenvalue weighted by Gasteiger charge is -2.23. The number of thiophene rings is 1. The predicted molar refractivity (Wildman–Crippen MR) is 71.9 cm³/mol. The maximum atomic E-state index is 11.5. The molecule has 0 bridgehead atoms. The van der Waals surface area contributed by atoms with Gasteiger partial charge in [0, 0.05) is 13.1 Å². The molecule has 1 N–H and O–H groups in total. The monoisotopic (exact) mass is 265 g/mol. The third kappa shape index (κ3) is 2.19. The Balaban J connectivity index is 1.66. The topological polar surface area (TPSA) is 40.5 Å². The van der Waals surface area contributed by atoms with E-state index in [-0.39, 0.29) is 6.04 Å². The summed E-state index contributed by atoms with van der Waals surface area (Å²) in [6.07, 6.45) is 4.53. The lowest BCUT2D eigenvalue weighted by molar-refractivity contribution is -0.143. The highest BCUT2D eigenvalue weighted by molar-refractivity contribution is 7.07. The molecule has 1 saturated heterocycles. The van der Waals surface area contributed by atoms with Crippen LogP contribution in [0, 0.1) is 11.8 Å². The molecule has 2 aliphatic rings. The second kappa shape index (κ2) is 5.02. The van der Waals surface area contributed by atoms with Crippen LogP contribution in [0.3, 0.4) is 0 Å². The number of hydrogen-bond donors (Lipinski definition) is 1. The van der Waals surface area contributed by atoms with Crippen LogP contribution < -0.4 is 0 Å². The number of aliphatic carboxylic acids is 1. The van der Waals surface area contributed by atoms with E-state index in [9.17, 15) is 9.90 Å². The average Bonchev–Trinajstić information content (AvgIpc) is 3.01. The third-order valence-electron chi connectivity index (χ3n) is 4.51. The third-order valence-corrected chi connectivity index (χ3v) is 5.24. The molecular formula is C14H19NO2S. The van der Waals surface area contributed by atoms with Crippen molar-refractivity contribution in [3.8, 4) is 0 Å². The molecule has 1 saturated carbocycles. The van der Waals surface area contributed by atoms with E-state index in [1.165, 1.54) is 18.4 Å². The lowest BCUT2D eigenvalue weighted by Crippen LogP contribution is -2.40. The fourth-order valence-electron chi connectivity index (χ4n) is 3.67. The van der Waals surface area contributed by atoms with Gasteiger partial charge in [0.15, 0.2) is 0 Å². The first-order valence-electron chi connectivity index (χ1n) is 6.73. The van der Waals surface area contributed by atoms with Crippen LogP contribution in [0.4, 0.5) is 0 Å². The van der Waals surface area contributed by atoms with Crippen molar-refractivity contribution in [2.45, 2.75) is 31.7 Å². The largest absolute Gasteiger partial charge is 0.480 e. The molecule has 3 unspecified atom stereocenters. The zero-order chi connectivity index (χ0) is 12.5. The fourth-order valence-corrected chi connectivity index (χ4v) is 4.37. The van der Waals surface area contributed by atoms with Gasteiger partial charge in [-0.1, -0.05) is 6.42 Å². The molecule has 0 radical (unpaired) electrons. The van der Waals surface area contributed by atoms with Crippen LogP contribution in [0.2, 0.25) is 0 Å². The molecule has 0 amide bonds. The Labute approximate surface area is 111 Å². The predicted octanol–water partition coefficient (Wildman–Crippen LogP) is 2.48. The number of hydrogen-bond acceptors (Lipinski definition) is 3. The Kier molecular flexibility index (Phi) is 3.39. The van der Waals surface area contributed by atoms with Crippen LogP contribution in [-0.4, -0.2) is 35.1 Å². The standard InChI is InChI=1S/C14H19NO2S/c16-14(17)13-12-3-1-2-11(12)8-15(13)6-4-10-5-7-18-9-10/h5,7,9,11-13H,1-4,6,8H2,(H,16,17). The number of rotatable bonds is 4. The molecule has 4 heteroatoms. The molecular weight excluding hydrogens is 246 g/mol. The first-order chi connectivity index (χ1) is 8.75. The number of fused-ring (bicyclic) bond motifs is 1. The van der Waals surface area contributed by atoms with Crippen molar-refractivity contribution >= 4 is 17.3 Å². The van der Waals surface area contributed by atoms with Crippen molar-refractivity contribution in [3.05, 3.63) is 22.4 Å². The van der Waals surface area contributed by atoms with Crippen LogP contribution in [0.15, 0.2) is 16.8 Å². The highest BCUT2D eigenvalue weighted by Crippen LogP contribution is 2.42. The van der Waals surface area contributed by atoms with Crippen LogP contribution in [0.25, 0.3) is 0 Å². The summed E-state index contributed by atoms with van der Waals surface area (Å²) in [5, 5.41) is 13.7. The SMILES string of the molecule is O=C(O)C1C2CCCC2CN1CCc1ccsc1.